The molecule has 0 radical (unpaired) electrons. The highest BCUT2D eigenvalue weighted by molar-refractivity contribution is 5.55. The summed E-state index contributed by atoms with van der Waals surface area (Å²) in [7, 11) is 3.41. The Morgan fingerprint density at radius 1 is 1.26 bits per heavy atom. The van der Waals surface area contributed by atoms with Crippen LogP contribution in [0.25, 0.3) is 0 Å². The van der Waals surface area contributed by atoms with Crippen molar-refractivity contribution < 1.29 is 14.2 Å². The van der Waals surface area contributed by atoms with E-state index in [1.54, 1.807) is 14.2 Å². The average Bonchev–Trinajstić information content (AvgIpc) is 3.24. The Morgan fingerprint density at radius 3 is 2.63 bits per heavy atom. The number of ether oxygens (including phenoxy) is 3. The summed E-state index contributed by atoms with van der Waals surface area (Å²) in [5.41, 5.74) is 1.05. The van der Waals surface area contributed by atoms with Gasteiger partial charge in [0, 0.05) is 18.9 Å². The lowest BCUT2D eigenvalue weighted by Gasteiger charge is -2.19. The average molecular weight is 265 g/mol. The number of hydrogen-bond acceptors (Lipinski definition) is 4. The van der Waals surface area contributed by atoms with Crippen molar-refractivity contribution in [2.24, 2.45) is 5.92 Å². The lowest BCUT2D eigenvalue weighted by atomic mass is 10.2. The van der Waals surface area contributed by atoms with Gasteiger partial charge < -0.3 is 19.5 Å². The van der Waals surface area contributed by atoms with Crippen LogP contribution in [0.3, 0.4) is 0 Å². The molecule has 1 aromatic carbocycles. The SMILES string of the molecule is CCOc1ccc(NC(COC)C2CC2)cc1OC. The minimum Gasteiger partial charge on any atom is -0.493 e. The van der Waals surface area contributed by atoms with Gasteiger partial charge in [0.15, 0.2) is 11.5 Å². The van der Waals surface area contributed by atoms with E-state index in [-0.39, 0.29) is 0 Å². The lowest BCUT2D eigenvalue weighted by molar-refractivity contribution is 0.179. The maximum Gasteiger partial charge on any atom is 0.162 e. The second-order valence-corrected chi connectivity index (χ2v) is 4.84. The van der Waals surface area contributed by atoms with Crippen LogP contribution in [0, 0.1) is 5.92 Å². The summed E-state index contributed by atoms with van der Waals surface area (Å²) in [6, 6.07) is 6.34. The number of methoxy groups -OCH3 is 2. The van der Waals surface area contributed by atoms with E-state index in [4.69, 9.17) is 14.2 Å². The van der Waals surface area contributed by atoms with E-state index >= 15 is 0 Å². The topological polar surface area (TPSA) is 39.7 Å². The first-order valence-corrected chi connectivity index (χ1v) is 6.84. The highest BCUT2D eigenvalue weighted by Crippen LogP contribution is 2.36. The van der Waals surface area contributed by atoms with Crippen LogP contribution >= 0.6 is 0 Å². The molecule has 0 amide bonds. The van der Waals surface area contributed by atoms with E-state index in [1.807, 2.05) is 25.1 Å². The van der Waals surface area contributed by atoms with Crippen molar-refractivity contribution in [3.8, 4) is 11.5 Å². The molecule has 1 N–H and O–H groups in total. The van der Waals surface area contributed by atoms with E-state index in [1.165, 1.54) is 12.8 Å². The quantitative estimate of drug-likeness (QED) is 0.784. The molecule has 1 aliphatic carbocycles. The van der Waals surface area contributed by atoms with Crippen molar-refractivity contribution in [2.45, 2.75) is 25.8 Å². The molecule has 1 aromatic rings. The van der Waals surface area contributed by atoms with Crippen LogP contribution in [0.15, 0.2) is 18.2 Å². The van der Waals surface area contributed by atoms with Crippen LogP contribution in [0.4, 0.5) is 5.69 Å². The third-order valence-electron chi connectivity index (χ3n) is 3.35. The van der Waals surface area contributed by atoms with Gasteiger partial charge in [0.05, 0.1) is 26.4 Å². The first-order valence-electron chi connectivity index (χ1n) is 6.84. The summed E-state index contributed by atoms with van der Waals surface area (Å²) in [6.07, 6.45) is 2.57. The summed E-state index contributed by atoms with van der Waals surface area (Å²) < 4.78 is 16.2. The van der Waals surface area contributed by atoms with Gasteiger partial charge in [-0.25, -0.2) is 0 Å². The summed E-state index contributed by atoms with van der Waals surface area (Å²) >= 11 is 0. The molecule has 4 nitrogen and oxygen atoms in total. The Bertz CT molecular complexity index is 404. The van der Waals surface area contributed by atoms with Crippen LogP contribution in [-0.4, -0.2) is 33.5 Å². The molecule has 1 atom stereocenters. The van der Waals surface area contributed by atoms with Gasteiger partial charge in [0.2, 0.25) is 0 Å². The molecule has 19 heavy (non-hydrogen) atoms. The van der Waals surface area contributed by atoms with Crippen molar-refractivity contribution in [3.63, 3.8) is 0 Å². The first kappa shape index (κ1) is 14.0. The molecule has 1 aliphatic rings. The fraction of sp³-hybridized carbons (Fsp3) is 0.600. The fourth-order valence-corrected chi connectivity index (χ4v) is 2.22. The van der Waals surface area contributed by atoms with Gasteiger partial charge in [-0.15, -0.1) is 0 Å². The van der Waals surface area contributed by atoms with Crippen LogP contribution < -0.4 is 14.8 Å². The summed E-state index contributed by atoms with van der Waals surface area (Å²) in [5, 5.41) is 3.53. The Morgan fingerprint density at radius 2 is 2.05 bits per heavy atom. The highest BCUT2D eigenvalue weighted by Gasteiger charge is 2.31. The molecule has 1 unspecified atom stereocenters. The second-order valence-electron chi connectivity index (χ2n) is 4.84. The first-order chi connectivity index (χ1) is 9.28. The highest BCUT2D eigenvalue weighted by atomic mass is 16.5. The molecule has 0 bridgehead atoms. The van der Waals surface area contributed by atoms with Gasteiger partial charge in [0.25, 0.3) is 0 Å². The van der Waals surface area contributed by atoms with E-state index in [9.17, 15) is 0 Å². The zero-order valence-electron chi connectivity index (χ0n) is 11.9. The van der Waals surface area contributed by atoms with E-state index in [2.05, 4.69) is 5.32 Å². The largest absolute Gasteiger partial charge is 0.493 e. The third kappa shape index (κ3) is 3.77. The zero-order valence-corrected chi connectivity index (χ0v) is 11.9. The second kappa shape index (κ2) is 6.66. The molecule has 0 spiro atoms. The standard InChI is InChI=1S/C15H23NO3/c1-4-19-14-8-7-12(9-15(14)18-3)16-13(10-17-2)11-5-6-11/h7-9,11,13,16H,4-6,10H2,1-3H3. The van der Waals surface area contributed by atoms with Gasteiger partial charge in [0.1, 0.15) is 0 Å². The van der Waals surface area contributed by atoms with Gasteiger partial charge in [-0.1, -0.05) is 0 Å². The van der Waals surface area contributed by atoms with Crippen molar-refractivity contribution in [1.82, 2.24) is 0 Å². The third-order valence-corrected chi connectivity index (χ3v) is 3.35. The van der Waals surface area contributed by atoms with Crippen LogP contribution in [-0.2, 0) is 4.74 Å². The number of nitrogens with one attached hydrogen (secondary N) is 1. The molecule has 106 valence electrons. The molecule has 0 heterocycles. The van der Waals surface area contributed by atoms with Crippen LogP contribution in [0.5, 0.6) is 11.5 Å². The van der Waals surface area contributed by atoms with Crippen molar-refractivity contribution in [3.05, 3.63) is 18.2 Å². The summed E-state index contributed by atoms with van der Waals surface area (Å²) in [4.78, 5) is 0. The zero-order chi connectivity index (χ0) is 13.7. The predicted molar refractivity (Wildman–Crippen MR) is 76.2 cm³/mol. The number of hydrogen-bond donors (Lipinski definition) is 1. The Balaban J connectivity index is 2.06. The summed E-state index contributed by atoms with van der Waals surface area (Å²) in [6.45, 7) is 3.34. The normalized spacial score (nSPS) is 15.9. The van der Waals surface area contributed by atoms with Crippen molar-refractivity contribution >= 4 is 5.69 Å². The number of anilines is 1. The van der Waals surface area contributed by atoms with Crippen LogP contribution in [0.1, 0.15) is 19.8 Å². The van der Waals surface area contributed by atoms with E-state index < -0.39 is 0 Å². The molecule has 0 aliphatic heterocycles. The molecular formula is C15H23NO3. The Kier molecular flexibility index (Phi) is 4.91. The Hall–Kier alpha value is -1.42. The molecule has 2 rings (SSSR count). The molecule has 0 saturated heterocycles. The fourth-order valence-electron chi connectivity index (χ4n) is 2.22. The van der Waals surface area contributed by atoms with E-state index in [0.717, 1.165) is 29.7 Å². The van der Waals surface area contributed by atoms with E-state index in [0.29, 0.717) is 12.6 Å². The van der Waals surface area contributed by atoms with Crippen molar-refractivity contribution in [1.29, 1.82) is 0 Å². The minimum atomic E-state index is 0.382. The monoisotopic (exact) mass is 265 g/mol. The van der Waals surface area contributed by atoms with Gasteiger partial charge in [-0.3, -0.25) is 0 Å². The minimum absolute atomic E-state index is 0.382. The lowest BCUT2D eigenvalue weighted by Crippen LogP contribution is -2.27. The molecule has 1 fully saturated rings. The van der Waals surface area contributed by atoms with Crippen molar-refractivity contribution in [2.75, 3.05) is 32.8 Å². The molecule has 1 saturated carbocycles. The van der Waals surface area contributed by atoms with Gasteiger partial charge >= 0.3 is 0 Å². The number of rotatable bonds is 8. The van der Waals surface area contributed by atoms with Gasteiger partial charge in [-0.05, 0) is 37.8 Å². The number of benzene rings is 1. The van der Waals surface area contributed by atoms with Gasteiger partial charge in [-0.2, -0.15) is 0 Å². The molecule has 0 aromatic heterocycles. The Labute approximate surface area is 115 Å². The van der Waals surface area contributed by atoms with Crippen LogP contribution in [0.2, 0.25) is 0 Å². The smallest absolute Gasteiger partial charge is 0.162 e. The maximum absolute atomic E-state index is 5.52. The predicted octanol–water partition coefficient (Wildman–Crippen LogP) is 2.93. The molecule has 4 heteroatoms. The summed E-state index contributed by atoms with van der Waals surface area (Å²) in [5.74, 6) is 2.28. The maximum atomic E-state index is 5.52. The molecular weight excluding hydrogens is 242 g/mol.